The summed E-state index contributed by atoms with van der Waals surface area (Å²) in [5.41, 5.74) is 1.75. The van der Waals surface area contributed by atoms with Crippen molar-refractivity contribution >= 4 is 11.8 Å². The molecule has 0 spiro atoms. The summed E-state index contributed by atoms with van der Waals surface area (Å²) >= 11 is 0. The van der Waals surface area contributed by atoms with Crippen molar-refractivity contribution in [3.05, 3.63) is 11.3 Å². The Morgan fingerprint density at radius 1 is 1.05 bits per heavy atom. The molecule has 3 aliphatic rings. The van der Waals surface area contributed by atoms with Gasteiger partial charge in [0.1, 0.15) is 6.04 Å². The molecule has 2 aliphatic carbocycles. The Morgan fingerprint density at radius 3 is 2.52 bits per heavy atom. The zero-order valence-corrected chi connectivity index (χ0v) is 13.0. The molecule has 2 amide bonds. The monoisotopic (exact) mass is 290 g/mol. The van der Waals surface area contributed by atoms with E-state index in [0.717, 1.165) is 43.4 Å². The lowest BCUT2D eigenvalue weighted by molar-refractivity contribution is -0.135. The summed E-state index contributed by atoms with van der Waals surface area (Å²) in [7, 11) is 1.81. The smallest absolute Gasteiger partial charge is 0.251 e. The molecule has 0 aromatic rings. The van der Waals surface area contributed by atoms with Crippen molar-refractivity contribution < 1.29 is 9.59 Å². The molecule has 21 heavy (non-hydrogen) atoms. The van der Waals surface area contributed by atoms with Gasteiger partial charge >= 0.3 is 0 Å². The third-order valence-corrected chi connectivity index (χ3v) is 5.37. The van der Waals surface area contributed by atoms with Crippen LogP contribution in [0.15, 0.2) is 11.3 Å². The van der Waals surface area contributed by atoms with Gasteiger partial charge in [-0.2, -0.15) is 0 Å². The molecule has 1 aliphatic heterocycles. The van der Waals surface area contributed by atoms with E-state index in [1.54, 1.807) is 11.9 Å². The van der Waals surface area contributed by atoms with Crippen molar-refractivity contribution in [2.24, 2.45) is 5.92 Å². The highest BCUT2D eigenvalue weighted by Crippen LogP contribution is 2.32. The molecule has 4 heteroatoms. The Morgan fingerprint density at radius 2 is 1.76 bits per heavy atom. The van der Waals surface area contributed by atoms with E-state index in [2.05, 4.69) is 5.32 Å². The van der Waals surface area contributed by atoms with Crippen LogP contribution in [0, 0.1) is 5.92 Å². The van der Waals surface area contributed by atoms with E-state index in [4.69, 9.17) is 0 Å². The van der Waals surface area contributed by atoms with Gasteiger partial charge < -0.3 is 10.2 Å². The van der Waals surface area contributed by atoms with E-state index in [1.165, 1.54) is 32.1 Å². The normalized spacial score (nSPS) is 28.2. The second kappa shape index (κ2) is 6.20. The number of allylic oxidation sites excluding steroid dienone is 1. The van der Waals surface area contributed by atoms with E-state index in [9.17, 15) is 9.59 Å². The first-order chi connectivity index (χ1) is 10.2. The SMILES string of the molecule is CN1C(=O)C2=C(CCCC2)NC(=O)C1CC1CCCCC1. The molecule has 1 fully saturated rings. The van der Waals surface area contributed by atoms with Crippen molar-refractivity contribution in [1.29, 1.82) is 0 Å². The van der Waals surface area contributed by atoms with Crippen LogP contribution in [0.4, 0.5) is 0 Å². The first-order valence-electron chi connectivity index (χ1n) is 8.47. The van der Waals surface area contributed by atoms with Gasteiger partial charge in [-0.15, -0.1) is 0 Å². The lowest BCUT2D eigenvalue weighted by Crippen LogP contribution is -2.46. The lowest BCUT2D eigenvalue weighted by Gasteiger charge is -2.30. The molecule has 1 unspecified atom stereocenters. The molecule has 116 valence electrons. The molecule has 0 aromatic heterocycles. The Bertz CT molecular complexity index is 463. The van der Waals surface area contributed by atoms with Gasteiger partial charge in [-0.25, -0.2) is 0 Å². The second-order valence-corrected chi connectivity index (χ2v) is 6.83. The molecular formula is C17H26N2O2. The van der Waals surface area contributed by atoms with E-state index in [1.807, 2.05) is 0 Å². The summed E-state index contributed by atoms with van der Waals surface area (Å²) < 4.78 is 0. The zero-order valence-electron chi connectivity index (χ0n) is 13.0. The van der Waals surface area contributed by atoms with Crippen LogP contribution in [0.25, 0.3) is 0 Å². The summed E-state index contributed by atoms with van der Waals surface area (Å²) in [4.78, 5) is 26.9. The fourth-order valence-corrected chi connectivity index (χ4v) is 4.05. The van der Waals surface area contributed by atoms with Gasteiger partial charge in [0.05, 0.1) is 0 Å². The summed E-state index contributed by atoms with van der Waals surface area (Å²) in [6.45, 7) is 0. The number of amides is 2. The minimum atomic E-state index is -0.286. The summed E-state index contributed by atoms with van der Waals surface area (Å²) in [5, 5.41) is 3.06. The highest BCUT2D eigenvalue weighted by Gasteiger charge is 2.36. The van der Waals surface area contributed by atoms with E-state index in [0.29, 0.717) is 5.92 Å². The van der Waals surface area contributed by atoms with Gasteiger partial charge in [0.25, 0.3) is 5.91 Å². The number of carbonyl (C=O) groups excluding carboxylic acids is 2. The number of rotatable bonds is 2. The van der Waals surface area contributed by atoms with Crippen LogP contribution >= 0.6 is 0 Å². The molecule has 4 nitrogen and oxygen atoms in total. The third-order valence-electron chi connectivity index (χ3n) is 5.37. The van der Waals surface area contributed by atoms with Crippen LogP contribution in [-0.4, -0.2) is 29.8 Å². The zero-order chi connectivity index (χ0) is 14.8. The topological polar surface area (TPSA) is 49.4 Å². The van der Waals surface area contributed by atoms with E-state index in [-0.39, 0.29) is 17.9 Å². The third kappa shape index (κ3) is 2.99. The molecular weight excluding hydrogens is 264 g/mol. The highest BCUT2D eigenvalue weighted by molar-refractivity contribution is 6.00. The molecule has 1 N–H and O–H groups in total. The maximum absolute atomic E-state index is 12.7. The van der Waals surface area contributed by atoms with Gasteiger partial charge in [-0.05, 0) is 38.0 Å². The number of nitrogens with one attached hydrogen (secondary N) is 1. The highest BCUT2D eigenvalue weighted by atomic mass is 16.2. The predicted molar refractivity (Wildman–Crippen MR) is 81.4 cm³/mol. The van der Waals surface area contributed by atoms with Crippen molar-refractivity contribution in [3.63, 3.8) is 0 Å². The number of likely N-dealkylation sites (N-methyl/N-ethyl adjacent to an activating group) is 1. The van der Waals surface area contributed by atoms with E-state index >= 15 is 0 Å². The molecule has 0 saturated heterocycles. The predicted octanol–water partition coefficient (Wildman–Crippen LogP) is 2.74. The molecule has 0 radical (unpaired) electrons. The standard InChI is InChI=1S/C17H26N2O2/c1-19-15(11-12-7-3-2-4-8-12)16(20)18-14-10-6-5-9-13(14)17(19)21/h12,15H,2-11H2,1H3,(H,18,20). The average Bonchev–Trinajstić information content (AvgIpc) is 2.60. The first kappa shape index (κ1) is 14.6. The minimum Gasteiger partial charge on any atom is -0.330 e. The van der Waals surface area contributed by atoms with Crippen LogP contribution in [0.5, 0.6) is 0 Å². The molecule has 0 bridgehead atoms. The Hall–Kier alpha value is -1.32. The summed E-state index contributed by atoms with van der Waals surface area (Å²) in [5.74, 6) is 0.701. The first-order valence-corrected chi connectivity index (χ1v) is 8.47. The number of nitrogens with zero attached hydrogens (tertiary/aromatic N) is 1. The Kier molecular flexibility index (Phi) is 4.32. The van der Waals surface area contributed by atoms with Crippen molar-refractivity contribution in [2.45, 2.75) is 70.3 Å². The lowest BCUT2D eigenvalue weighted by atomic mass is 9.84. The summed E-state index contributed by atoms with van der Waals surface area (Å²) in [6.07, 6.45) is 10.9. The van der Waals surface area contributed by atoms with Gasteiger partial charge in [-0.3, -0.25) is 9.59 Å². The number of carbonyl (C=O) groups is 2. The van der Waals surface area contributed by atoms with Crippen molar-refractivity contribution in [2.75, 3.05) is 7.05 Å². The average molecular weight is 290 g/mol. The molecule has 1 atom stereocenters. The number of hydrogen-bond acceptors (Lipinski definition) is 2. The van der Waals surface area contributed by atoms with Crippen LogP contribution in [-0.2, 0) is 9.59 Å². The van der Waals surface area contributed by atoms with Gasteiger partial charge in [0.2, 0.25) is 5.91 Å². The minimum absolute atomic E-state index is 0.0309. The van der Waals surface area contributed by atoms with Crippen molar-refractivity contribution in [3.8, 4) is 0 Å². The molecule has 1 saturated carbocycles. The van der Waals surface area contributed by atoms with Crippen LogP contribution in [0.1, 0.15) is 64.2 Å². The fraction of sp³-hybridized carbons (Fsp3) is 0.765. The largest absolute Gasteiger partial charge is 0.330 e. The van der Waals surface area contributed by atoms with Gasteiger partial charge in [-0.1, -0.05) is 32.1 Å². The maximum Gasteiger partial charge on any atom is 0.251 e. The van der Waals surface area contributed by atoms with Crippen molar-refractivity contribution in [1.82, 2.24) is 10.2 Å². The number of hydrogen-bond donors (Lipinski definition) is 1. The quantitative estimate of drug-likeness (QED) is 0.850. The van der Waals surface area contributed by atoms with Crippen LogP contribution < -0.4 is 5.32 Å². The fourth-order valence-electron chi connectivity index (χ4n) is 4.05. The van der Waals surface area contributed by atoms with Gasteiger partial charge in [0, 0.05) is 18.3 Å². The Balaban J connectivity index is 1.76. The second-order valence-electron chi connectivity index (χ2n) is 6.83. The Labute approximate surface area is 127 Å². The maximum atomic E-state index is 12.7. The summed E-state index contributed by atoms with van der Waals surface area (Å²) in [6, 6.07) is -0.286. The van der Waals surface area contributed by atoms with Crippen LogP contribution in [0.3, 0.4) is 0 Å². The molecule has 3 rings (SSSR count). The van der Waals surface area contributed by atoms with E-state index < -0.39 is 0 Å². The molecule has 1 heterocycles. The van der Waals surface area contributed by atoms with Crippen LogP contribution in [0.2, 0.25) is 0 Å². The van der Waals surface area contributed by atoms with Gasteiger partial charge in [0.15, 0.2) is 0 Å². The molecule has 0 aromatic carbocycles.